The van der Waals surface area contributed by atoms with Crippen molar-refractivity contribution in [2.24, 2.45) is 0 Å². The monoisotopic (exact) mass is 338 g/mol. The molecule has 0 bridgehead atoms. The van der Waals surface area contributed by atoms with Crippen LogP contribution >= 0.6 is 0 Å². The number of aromatic nitrogens is 2. The summed E-state index contributed by atoms with van der Waals surface area (Å²) in [7, 11) is 0. The molecule has 128 valence electrons. The first-order valence-electron chi connectivity index (χ1n) is 7.79. The molecule has 0 saturated heterocycles. The highest BCUT2D eigenvalue weighted by Crippen LogP contribution is 2.35. The van der Waals surface area contributed by atoms with Crippen LogP contribution in [-0.2, 0) is 0 Å². The van der Waals surface area contributed by atoms with E-state index in [0.29, 0.717) is 0 Å². The van der Waals surface area contributed by atoms with Gasteiger partial charge in [0.15, 0.2) is 0 Å². The van der Waals surface area contributed by atoms with Crippen LogP contribution in [0, 0.1) is 13.8 Å². The van der Waals surface area contributed by atoms with E-state index in [1.807, 2.05) is 44.2 Å². The fourth-order valence-electron chi connectivity index (χ4n) is 3.10. The molecule has 0 atom stereocenters. The molecule has 0 fully saturated rings. The number of carbonyl (C=O) groups is 2. The number of aryl methyl sites for hydroxylation is 2. The summed E-state index contributed by atoms with van der Waals surface area (Å²) in [6.45, 7) is 3.68. The van der Waals surface area contributed by atoms with Gasteiger partial charge in [-0.3, -0.25) is 0 Å². The van der Waals surface area contributed by atoms with E-state index in [1.165, 1.54) is 0 Å². The Labute approximate surface area is 144 Å². The molecule has 3 aromatic rings. The number of nitrogens with one attached hydrogen (secondary N) is 2. The molecule has 3 rings (SSSR count). The molecule has 0 saturated carbocycles. The minimum atomic E-state index is -1.03. The summed E-state index contributed by atoms with van der Waals surface area (Å²) in [5.41, 5.74) is 4.21. The summed E-state index contributed by atoms with van der Waals surface area (Å²) in [5, 5.41) is 18.5. The largest absolute Gasteiger partial charge is 0.477 e. The fourth-order valence-corrected chi connectivity index (χ4v) is 3.10. The number of hydrogen-bond acceptors (Lipinski definition) is 2. The molecule has 0 spiro atoms. The Bertz CT molecular complexity index is 879. The second-order valence-corrected chi connectivity index (χ2v) is 6.01. The number of aromatic carboxylic acids is 2. The first kappa shape index (κ1) is 16.6. The second-order valence-electron chi connectivity index (χ2n) is 6.01. The summed E-state index contributed by atoms with van der Waals surface area (Å²) >= 11 is 0. The lowest BCUT2D eigenvalue weighted by molar-refractivity contribution is 0.0680. The van der Waals surface area contributed by atoms with Crippen LogP contribution in [0.2, 0.25) is 0 Å². The number of hydrogen-bond donors (Lipinski definition) is 4. The zero-order valence-electron chi connectivity index (χ0n) is 13.8. The number of carboxylic acids is 2. The van der Waals surface area contributed by atoms with Crippen molar-refractivity contribution in [1.29, 1.82) is 0 Å². The van der Waals surface area contributed by atoms with Crippen molar-refractivity contribution in [1.82, 2.24) is 9.97 Å². The van der Waals surface area contributed by atoms with Gasteiger partial charge in [0.05, 0.1) is 5.92 Å². The first-order chi connectivity index (χ1) is 11.9. The summed E-state index contributed by atoms with van der Waals surface area (Å²) in [6, 6.07) is 12.7. The minimum absolute atomic E-state index is 0.107. The van der Waals surface area contributed by atoms with Gasteiger partial charge in [-0.1, -0.05) is 30.3 Å². The Morgan fingerprint density at radius 3 is 1.64 bits per heavy atom. The van der Waals surface area contributed by atoms with Crippen LogP contribution < -0.4 is 0 Å². The van der Waals surface area contributed by atoms with Crippen LogP contribution in [-0.4, -0.2) is 32.1 Å². The normalized spacial score (nSPS) is 11.0. The van der Waals surface area contributed by atoms with Gasteiger partial charge in [0.2, 0.25) is 0 Å². The summed E-state index contributed by atoms with van der Waals surface area (Å²) in [4.78, 5) is 28.6. The van der Waals surface area contributed by atoms with E-state index in [1.54, 1.807) is 12.1 Å². The van der Waals surface area contributed by atoms with Gasteiger partial charge in [0.1, 0.15) is 11.4 Å². The maximum absolute atomic E-state index is 11.3. The van der Waals surface area contributed by atoms with Gasteiger partial charge in [-0.25, -0.2) is 9.59 Å². The van der Waals surface area contributed by atoms with E-state index in [0.717, 1.165) is 28.1 Å². The third kappa shape index (κ3) is 3.06. The second kappa shape index (κ2) is 6.32. The number of carboxylic acid groups (broad SMARTS) is 2. The maximum atomic E-state index is 11.3. The van der Waals surface area contributed by atoms with Gasteiger partial charge in [-0.15, -0.1) is 0 Å². The van der Waals surface area contributed by atoms with Crippen LogP contribution in [0.4, 0.5) is 0 Å². The lowest BCUT2D eigenvalue weighted by atomic mass is 9.89. The van der Waals surface area contributed by atoms with Crippen molar-refractivity contribution < 1.29 is 19.8 Å². The molecule has 0 amide bonds. The van der Waals surface area contributed by atoms with Crippen LogP contribution in [0.25, 0.3) is 0 Å². The Hall–Kier alpha value is -3.28. The van der Waals surface area contributed by atoms with Gasteiger partial charge in [0, 0.05) is 11.4 Å². The molecule has 0 aliphatic rings. The lowest BCUT2D eigenvalue weighted by Gasteiger charge is -2.18. The van der Waals surface area contributed by atoms with E-state index < -0.39 is 11.9 Å². The average Bonchev–Trinajstić information content (AvgIpc) is 3.14. The van der Waals surface area contributed by atoms with Crippen molar-refractivity contribution in [2.45, 2.75) is 19.8 Å². The van der Waals surface area contributed by atoms with E-state index in [4.69, 9.17) is 0 Å². The number of benzene rings is 1. The Balaban J connectivity index is 2.21. The lowest BCUT2D eigenvalue weighted by Crippen LogP contribution is -2.09. The SMILES string of the molecule is Cc1cc(C(=O)O)[nH]c1C(c1ccccc1)c1[nH]c(C(=O)O)cc1C. The van der Waals surface area contributed by atoms with Crippen molar-refractivity contribution >= 4 is 11.9 Å². The third-order valence-corrected chi connectivity index (χ3v) is 4.28. The van der Waals surface area contributed by atoms with E-state index in [2.05, 4.69) is 9.97 Å². The average molecular weight is 338 g/mol. The van der Waals surface area contributed by atoms with Gasteiger partial charge >= 0.3 is 11.9 Å². The Morgan fingerprint density at radius 1 is 0.840 bits per heavy atom. The molecule has 2 aromatic heterocycles. The van der Waals surface area contributed by atoms with E-state index in [9.17, 15) is 19.8 Å². The molecular weight excluding hydrogens is 320 g/mol. The number of rotatable bonds is 5. The van der Waals surface area contributed by atoms with Gasteiger partial charge in [0.25, 0.3) is 0 Å². The highest BCUT2D eigenvalue weighted by atomic mass is 16.4. The third-order valence-electron chi connectivity index (χ3n) is 4.28. The fraction of sp³-hybridized carbons (Fsp3) is 0.158. The smallest absolute Gasteiger partial charge is 0.352 e. The molecular formula is C19H18N2O4. The van der Waals surface area contributed by atoms with Crippen molar-refractivity contribution in [2.75, 3.05) is 0 Å². The van der Waals surface area contributed by atoms with E-state index in [-0.39, 0.29) is 17.3 Å². The van der Waals surface area contributed by atoms with Gasteiger partial charge in [-0.05, 0) is 42.7 Å². The molecule has 0 aliphatic carbocycles. The highest BCUT2D eigenvalue weighted by Gasteiger charge is 2.26. The predicted molar refractivity (Wildman–Crippen MR) is 92.4 cm³/mol. The van der Waals surface area contributed by atoms with E-state index >= 15 is 0 Å². The zero-order valence-corrected chi connectivity index (χ0v) is 13.8. The molecule has 0 unspecified atom stereocenters. The molecule has 4 N–H and O–H groups in total. The Morgan fingerprint density at radius 2 is 1.28 bits per heavy atom. The highest BCUT2D eigenvalue weighted by molar-refractivity contribution is 5.87. The molecule has 0 radical (unpaired) electrons. The van der Waals surface area contributed by atoms with Crippen LogP contribution in [0.1, 0.15) is 55.0 Å². The summed E-state index contributed by atoms with van der Waals surface area (Å²) in [5.74, 6) is -2.38. The van der Waals surface area contributed by atoms with Crippen LogP contribution in [0.15, 0.2) is 42.5 Å². The molecule has 1 aromatic carbocycles. The summed E-state index contributed by atoms with van der Waals surface area (Å²) in [6.07, 6.45) is 0. The quantitative estimate of drug-likeness (QED) is 0.571. The molecule has 2 heterocycles. The van der Waals surface area contributed by atoms with Crippen molar-refractivity contribution in [3.63, 3.8) is 0 Å². The zero-order chi connectivity index (χ0) is 18.1. The summed E-state index contributed by atoms with van der Waals surface area (Å²) < 4.78 is 0. The van der Waals surface area contributed by atoms with Gasteiger partial charge < -0.3 is 20.2 Å². The molecule has 25 heavy (non-hydrogen) atoms. The van der Waals surface area contributed by atoms with Crippen LogP contribution in [0.3, 0.4) is 0 Å². The number of H-pyrrole nitrogens is 2. The van der Waals surface area contributed by atoms with Crippen molar-refractivity contribution in [3.8, 4) is 0 Å². The number of aromatic amines is 2. The van der Waals surface area contributed by atoms with Crippen LogP contribution in [0.5, 0.6) is 0 Å². The minimum Gasteiger partial charge on any atom is -0.477 e. The van der Waals surface area contributed by atoms with Crippen molar-refractivity contribution in [3.05, 3.63) is 81.9 Å². The Kier molecular flexibility index (Phi) is 4.19. The first-order valence-corrected chi connectivity index (χ1v) is 7.79. The predicted octanol–water partition coefficient (Wildman–Crippen LogP) is 3.54. The molecule has 6 heteroatoms. The maximum Gasteiger partial charge on any atom is 0.352 e. The topological polar surface area (TPSA) is 106 Å². The molecule has 0 aliphatic heterocycles. The molecule has 6 nitrogen and oxygen atoms in total. The van der Waals surface area contributed by atoms with Gasteiger partial charge in [-0.2, -0.15) is 0 Å². The standard InChI is InChI=1S/C19H18N2O4/c1-10-8-13(18(22)23)20-16(10)15(12-6-4-3-5-7-12)17-11(2)9-14(21-17)19(24)25/h3-9,15,20-21H,1-2H3,(H,22,23)(H,24,25).